The number of anilines is 2. The zero-order chi connectivity index (χ0) is 28.1. The highest BCUT2D eigenvalue weighted by Gasteiger charge is 2.20. The quantitative estimate of drug-likeness (QED) is 0.240. The Balaban J connectivity index is 1.34. The highest BCUT2D eigenvalue weighted by Crippen LogP contribution is 2.33. The molecule has 0 unspecified atom stereocenters. The summed E-state index contributed by atoms with van der Waals surface area (Å²) in [5, 5.41) is 9.11. The normalized spacial score (nSPS) is 14.0. The Morgan fingerprint density at radius 3 is 2.55 bits per heavy atom. The van der Waals surface area contributed by atoms with Crippen LogP contribution in [0.1, 0.15) is 27.9 Å². The molecule has 0 spiro atoms. The highest BCUT2D eigenvalue weighted by atomic mass is 19.1. The molecule has 1 aromatic heterocycles. The molecular weight excluding hydrogens is 516 g/mol. The molecule has 3 aromatic carbocycles. The minimum Gasteiger partial charge on any atom is -0.423 e. The number of hydrogen-bond donors (Lipinski definition) is 3. The number of benzene rings is 3. The highest BCUT2D eigenvalue weighted by molar-refractivity contribution is 5.96. The molecule has 3 N–H and O–H groups in total. The van der Waals surface area contributed by atoms with E-state index in [1.54, 1.807) is 30.3 Å². The molecule has 1 fully saturated rings. The molecule has 40 heavy (non-hydrogen) atoms. The van der Waals surface area contributed by atoms with Crippen LogP contribution in [0.4, 0.5) is 20.5 Å². The van der Waals surface area contributed by atoms with Gasteiger partial charge >= 0.3 is 0 Å². The van der Waals surface area contributed by atoms with Crippen LogP contribution in [-0.2, 0) is 11.3 Å². The molecule has 1 aliphatic rings. The number of carbonyl (C=O) groups excluding carboxylic acids is 1. The van der Waals surface area contributed by atoms with Crippen molar-refractivity contribution in [3.63, 3.8) is 0 Å². The van der Waals surface area contributed by atoms with Crippen molar-refractivity contribution in [1.82, 2.24) is 20.5 Å². The first kappa shape index (κ1) is 27.7. The number of amides is 1. The maximum absolute atomic E-state index is 15.1. The number of oxazole rings is 1. The van der Waals surface area contributed by atoms with Gasteiger partial charge in [-0.3, -0.25) is 9.69 Å². The third-order valence-electron chi connectivity index (χ3n) is 6.96. The Kier molecular flexibility index (Phi) is 8.69. The topological polar surface area (TPSA) is 91.7 Å². The summed E-state index contributed by atoms with van der Waals surface area (Å²) in [5.74, 6) is -1.32. The lowest BCUT2D eigenvalue weighted by Gasteiger charge is -2.26. The maximum Gasteiger partial charge on any atom is 0.300 e. The first-order chi connectivity index (χ1) is 19.4. The lowest BCUT2D eigenvalue weighted by atomic mass is 10.0. The fourth-order valence-corrected chi connectivity index (χ4v) is 4.80. The number of halogens is 2. The first-order valence-electron chi connectivity index (χ1n) is 13.4. The zero-order valence-corrected chi connectivity index (χ0v) is 22.7. The molecule has 5 rings (SSSR count). The van der Waals surface area contributed by atoms with Crippen LogP contribution in [0.25, 0.3) is 22.2 Å². The molecular formula is C30H33F2N5O3. The number of carbonyl (C=O) groups is 1. The maximum atomic E-state index is 15.1. The van der Waals surface area contributed by atoms with Crippen molar-refractivity contribution in [1.29, 1.82) is 0 Å². The lowest BCUT2D eigenvalue weighted by molar-refractivity contribution is 0.0332. The van der Waals surface area contributed by atoms with E-state index in [1.807, 2.05) is 24.9 Å². The van der Waals surface area contributed by atoms with Crippen molar-refractivity contribution in [3.8, 4) is 11.1 Å². The molecule has 10 heteroatoms. The number of nitrogens with one attached hydrogen (secondary N) is 3. The van der Waals surface area contributed by atoms with Gasteiger partial charge < -0.3 is 25.1 Å². The summed E-state index contributed by atoms with van der Waals surface area (Å²) in [5.41, 5.74) is 4.01. The van der Waals surface area contributed by atoms with E-state index in [9.17, 15) is 4.79 Å². The van der Waals surface area contributed by atoms with Crippen molar-refractivity contribution in [2.75, 3.05) is 51.8 Å². The van der Waals surface area contributed by atoms with Crippen molar-refractivity contribution >= 4 is 28.7 Å². The number of hydrogen-bond acceptors (Lipinski definition) is 7. The van der Waals surface area contributed by atoms with Gasteiger partial charge in [-0.1, -0.05) is 12.1 Å². The predicted octanol–water partition coefficient (Wildman–Crippen LogP) is 5.00. The molecule has 0 saturated carbocycles. The molecule has 4 aromatic rings. The van der Waals surface area contributed by atoms with Gasteiger partial charge in [-0.25, -0.2) is 8.78 Å². The van der Waals surface area contributed by atoms with Gasteiger partial charge in [0.25, 0.3) is 11.9 Å². The van der Waals surface area contributed by atoms with E-state index in [1.165, 1.54) is 12.1 Å². The van der Waals surface area contributed by atoms with Crippen LogP contribution in [-0.4, -0.2) is 62.2 Å². The molecule has 0 atom stereocenters. The SMILES string of the molecule is CNCCCNC(=O)c1ccc(Nc2nc3cccc(-c4cc(F)c(CN5CCOCC5)c(F)c4)c3o2)cc1C. The lowest BCUT2D eigenvalue weighted by Crippen LogP contribution is -2.36. The number of rotatable bonds is 10. The summed E-state index contributed by atoms with van der Waals surface area (Å²) in [7, 11) is 1.87. The monoisotopic (exact) mass is 549 g/mol. The van der Waals surface area contributed by atoms with Crippen molar-refractivity contribution in [2.45, 2.75) is 19.9 Å². The summed E-state index contributed by atoms with van der Waals surface area (Å²) >= 11 is 0. The van der Waals surface area contributed by atoms with Crippen LogP contribution in [0.2, 0.25) is 0 Å². The van der Waals surface area contributed by atoms with Crippen LogP contribution in [0.3, 0.4) is 0 Å². The van der Waals surface area contributed by atoms with Gasteiger partial charge in [0.15, 0.2) is 5.58 Å². The van der Waals surface area contributed by atoms with Gasteiger partial charge in [0.1, 0.15) is 17.2 Å². The Morgan fingerprint density at radius 1 is 1.05 bits per heavy atom. The molecule has 2 heterocycles. The summed E-state index contributed by atoms with van der Waals surface area (Å²) in [6.07, 6.45) is 0.846. The first-order valence-corrected chi connectivity index (χ1v) is 13.4. The minimum atomic E-state index is -0.599. The zero-order valence-electron chi connectivity index (χ0n) is 22.7. The average Bonchev–Trinajstić information content (AvgIpc) is 3.36. The summed E-state index contributed by atoms with van der Waals surface area (Å²) in [6, 6.07) is 13.6. The second-order valence-electron chi connectivity index (χ2n) is 9.85. The molecule has 0 radical (unpaired) electrons. The van der Waals surface area contributed by atoms with E-state index < -0.39 is 11.6 Å². The van der Waals surface area contributed by atoms with Crippen LogP contribution in [0.5, 0.6) is 0 Å². The number of nitrogens with zero attached hydrogens (tertiary/aromatic N) is 2. The van der Waals surface area contributed by atoms with Gasteiger partial charge in [0.2, 0.25) is 0 Å². The average molecular weight is 550 g/mol. The van der Waals surface area contributed by atoms with Crippen LogP contribution < -0.4 is 16.0 Å². The summed E-state index contributed by atoms with van der Waals surface area (Å²) in [4.78, 5) is 19.0. The molecule has 8 nitrogen and oxygen atoms in total. The van der Waals surface area contributed by atoms with Crippen LogP contribution in [0.15, 0.2) is 52.9 Å². The standard InChI is InChI=1S/C30H33F2N5O3/c1-19-15-21(7-8-22(19)29(38)34-10-4-9-33-2)35-30-36-27-6-3-5-23(28(27)40-30)20-16-25(31)24(26(32)17-20)18-37-11-13-39-14-12-37/h3,5-8,15-17,33H,4,9-14,18H2,1-2H3,(H,34,38)(H,35,36). The van der Waals surface area contributed by atoms with E-state index in [0.29, 0.717) is 66.3 Å². The molecule has 1 aliphatic heterocycles. The number of aryl methyl sites for hydroxylation is 1. The van der Waals surface area contributed by atoms with Crippen LogP contribution >= 0.6 is 0 Å². The van der Waals surface area contributed by atoms with E-state index in [4.69, 9.17) is 9.15 Å². The fraction of sp³-hybridized carbons (Fsp3) is 0.333. The molecule has 1 amide bonds. The number of morpholine rings is 1. The molecule has 0 bridgehead atoms. The summed E-state index contributed by atoms with van der Waals surface area (Å²) < 4.78 is 41.5. The number of aromatic nitrogens is 1. The Bertz CT molecular complexity index is 1480. The fourth-order valence-electron chi connectivity index (χ4n) is 4.80. The van der Waals surface area contributed by atoms with E-state index in [2.05, 4.69) is 20.9 Å². The van der Waals surface area contributed by atoms with Crippen molar-refractivity contribution < 1.29 is 22.7 Å². The summed E-state index contributed by atoms with van der Waals surface area (Å²) in [6.45, 7) is 5.87. The second kappa shape index (κ2) is 12.5. The van der Waals surface area contributed by atoms with Crippen molar-refractivity contribution in [2.24, 2.45) is 0 Å². The van der Waals surface area contributed by atoms with Gasteiger partial charge in [-0.05, 0) is 74.5 Å². The van der Waals surface area contributed by atoms with Crippen LogP contribution in [0, 0.1) is 18.6 Å². The Morgan fingerprint density at radius 2 is 1.82 bits per heavy atom. The molecule has 1 saturated heterocycles. The molecule has 210 valence electrons. The van der Waals surface area contributed by atoms with Gasteiger partial charge in [-0.15, -0.1) is 0 Å². The Hall–Kier alpha value is -3.86. The second-order valence-corrected chi connectivity index (χ2v) is 9.85. The van der Waals surface area contributed by atoms with Gasteiger partial charge in [0, 0.05) is 48.6 Å². The van der Waals surface area contributed by atoms with E-state index >= 15 is 8.78 Å². The van der Waals surface area contributed by atoms with Gasteiger partial charge in [0.05, 0.1) is 13.2 Å². The number of para-hydroxylation sites is 1. The van der Waals surface area contributed by atoms with E-state index in [-0.39, 0.29) is 24.0 Å². The minimum absolute atomic E-state index is 0.0446. The number of ether oxygens (including phenoxy) is 1. The Labute approximate surface area is 231 Å². The smallest absolute Gasteiger partial charge is 0.300 e. The predicted molar refractivity (Wildman–Crippen MR) is 151 cm³/mol. The van der Waals surface area contributed by atoms with Crippen molar-refractivity contribution in [3.05, 3.63) is 76.9 Å². The number of fused-ring (bicyclic) bond motifs is 1. The third-order valence-corrected chi connectivity index (χ3v) is 6.96. The molecule has 0 aliphatic carbocycles. The largest absolute Gasteiger partial charge is 0.423 e. The third kappa shape index (κ3) is 6.30. The van der Waals surface area contributed by atoms with Gasteiger partial charge in [-0.2, -0.15) is 4.98 Å². The van der Waals surface area contributed by atoms with E-state index in [0.717, 1.165) is 18.5 Å².